The first-order valence-corrected chi connectivity index (χ1v) is 8.35. The molecule has 0 spiro atoms. The van der Waals surface area contributed by atoms with Gasteiger partial charge in [-0.1, -0.05) is 0 Å². The van der Waals surface area contributed by atoms with E-state index in [0.29, 0.717) is 32.2 Å². The molecule has 8 heteroatoms. The minimum Gasteiger partial charge on any atom is -0.490 e. The van der Waals surface area contributed by atoms with Gasteiger partial charge >= 0.3 is 6.09 Å². The van der Waals surface area contributed by atoms with Crippen LogP contribution in [0.4, 0.5) is 4.79 Å². The van der Waals surface area contributed by atoms with Crippen molar-refractivity contribution in [3.63, 3.8) is 0 Å². The van der Waals surface area contributed by atoms with Crippen molar-refractivity contribution in [1.29, 1.82) is 0 Å². The van der Waals surface area contributed by atoms with E-state index in [1.54, 1.807) is 24.3 Å². The summed E-state index contributed by atoms with van der Waals surface area (Å²) in [4.78, 5) is 21.7. The SMILES string of the molecule is CN=C(NCCOc1cccnc1)NC1CN(C(=O)OC(C)(C)C)C1. The van der Waals surface area contributed by atoms with Gasteiger partial charge in [0.15, 0.2) is 5.96 Å². The molecule has 8 nitrogen and oxygen atoms in total. The number of hydrogen-bond donors (Lipinski definition) is 2. The molecule has 1 aromatic rings. The smallest absolute Gasteiger partial charge is 0.410 e. The Labute approximate surface area is 148 Å². The number of aromatic nitrogens is 1. The van der Waals surface area contributed by atoms with Crippen molar-refractivity contribution in [3.8, 4) is 5.75 Å². The molecule has 1 fully saturated rings. The third-order valence-corrected chi connectivity index (χ3v) is 3.40. The van der Waals surface area contributed by atoms with Gasteiger partial charge in [0.1, 0.15) is 18.0 Å². The first-order valence-electron chi connectivity index (χ1n) is 8.35. The first kappa shape index (κ1) is 18.8. The number of pyridine rings is 1. The van der Waals surface area contributed by atoms with Crippen molar-refractivity contribution in [2.24, 2.45) is 4.99 Å². The third kappa shape index (κ3) is 6.48. The van der Waals surface area contributed by atoms with E-state index in [4.69, 9.17) is 9.47 Å². The lowest BCUT2D eigenvalue weighted by atomic mass is 10.1. The van der Waals surface area contributed by atoms with Gasteiger partial charge in [0.2, 0.25) is 0 Å². The lowest BCUT2D eigenvalue weighted by Crippen LogP contribution is -2.63. The van der Waals surface area contributed by atoms with Crippen molar-refractivity contribution >= 4 is 12.1 Å². The number of aliphatic imine (C=N–C) groups is 1. The second-order valence-corrected chi connectivity index (χ2v) is 6.76. The number of ether oxygens (including phenoxy) is 2. The Morgan fingerprint density at radius 3 is 2.80 bits per heavy atom. The van der Waals surface area contributed by atoms with E-state index < -0.39 is 5.60 Å². The van der Waals surface area contributed by atoms with Crippen molar-refractivity contribution in [1.82, 2.24) is 20.5 Å². The van der Waals surface area contributed by atoms with E-state index in [1.165, 1.54) is 0 Å². The van der Waals surface area contributed by atoms with Crippen LogP contribution in [-0.4, -0.2) is 66.9 Å². The highest BCUT2D eigenvalue weighted by atomic mass is 16.6. The minimum atomic E-state index is -0.471. The molecule has 0 atom stereocenters. The maximum absolute atomic E-state index is 11.9. The van der Waals surface area contributed by atoms with Crippen molar-refractivity contribution in [2.75, 3.05) is 33.3 Å². The molecule has 0 radical (unpaired) electrons. The van der Waals surface area contributed by atoms with Crippen LogP contribution in [0.1, 0.15) is 20.8 Å². The Balaban J connectivity index is 1.62. The van der Waals surface area contributed by atoms with Gasteiger partial charge in [-0.05, 0) is 32.9 Å². The fourth-order valence-electron chi connectivity index (χ4n) is 2.20. The zero-order valence-electron chi connectivity index (χ0n) is 15.3. The summed E-state index contributed by atoms with van der Waals surface area (Å²) >= 11 is 0. The molecule has 2 N–H and O–H groups in total. The monoisotopic (exact) mass is 349 g/mol. The lowest BCUT2D eigenvalue weighted by molar-refractivity contribution is 0.00701. The number of rotatable bonds is 5. The number of carbonyl (C=O) groups is 1. The Bertz CT molecular complexity index is 580. The highest BCUT2D eigenvalue weighted by Crippen LogP contribution is 2.15. The number of guanidine groups is 1. The summed E-state index contributed by atoms with van der Waals surface area (Å²) in [5.74, 6) is 1.42. The van der Waals surface area contributed by atoms with Crippen LogP contribution < -0.4 is 15.4 Å². The molecule has 1 amide bonds. The molecule has 0 unspecified atom stereocenters. The van der Waals surface area contributed by atoms with Crippen LogP contribution in [-0.2, 0) is 4.74 Å². The van der Waals surface area contributed by atoms with E-state index in [9.17, 15) is 4.79 Å². The molecule has 0 bridgehead atoms. The fourth-order valence-corrected chi connectivity index (χ4v) is 2.20. The van der Waals surface area contributed by atoms with Gasteiger partial charge in [0, 0.05) is 26.3 Å². The van der Waals surface area contributed by atoms with Crippen molar-refractivity contribution < 1.29 is 14.3 Å². The molecule has 138 valence electrons. The molecule has 2 rings (SSSR count). The molecular weight excluding hydrogens is 322 g/mol. The molecule has 1 aromatic heterocycles. The Kier molecular flexibility index (Phi) is 6.44. The minimum absolute atomic E-state index is 0.165. The van der Waals surface area contributed by atoms with Crippen LogP contribution in [0, 0.1) is 0 Å². The number of nitrogens with zero attached hydrogens (tertiary/aromatic N) is 3. The number of amides is 1. The molecule has 2 heterocycles. The summed E-state index contributed by atoms with van der Waals surface area (Å²) in [6.07, 6.45) is 3.10. The second-order valence-electron chi connectivity index (χ2n) is 6.76. The molecule has 1 aliphatic heterocycles. The fraction of sp³-hybridized carbons (Fsp3) is 0.588. The Morgan fingerprint density at radius 2 is 2.20 bits per heavy atom. The van der Waals surface area contributed by atoms with E-state index in [2.05, 4.69) is 20.6 Å². The maximum atomic E-state index is 11.9. The van der Waals surface area contributed by atoms with Crippen LogP contribution in [0.2, 0.25) is 0 Å². The number of likely N-dealkylation sites (tertiary alicyclic amines) is 1. The highest BCUT2D eigenvalue weighted by molar-refractivity contribution is 5.80. The van der Waals surface area contributed by atoms with Gasteiger partial charge < -0.3 is 25.0 Å². The van der Waals surface area contributed by atoms with E-state index >= 15 is 0 Å². The quantitative estimate of drug-likeness (QED) is 0.472. The Morgan fingerprint density at radius 1 is 1.44 bits per heavy atom. The van der Waals surface area contributed by atoms with Crippen molar-refractivity contribution in [2.45, 2.75) is 32.4 Å². The number of hydrogen-bond acceptors (Lipinski definition) is 5. The summed E-state index contributed by atoms with van der Waals surface area (Å²) in [5.41, 5.74) is -0.471. The molecule has 0 saturated carbocycles. The maximum Gasteiger partial charge on any atom is 0.410 e. The summed E-state index contributed by atoms with van der Waals surface area (Å²) in [7, 11) is 1.71. The molecule has 1 aliphatic rings. The summed E-state index contributed by atoms with van der Waals surface area (Å²) in [6.45, 7) is 7.89. The molecule has 0 aliphatic carbocycles. The van der Waals surface area contributed by atoms with Gasteiger partial charge in [-0.15, -0.1) is 0 Å². The topological polar surface area (TPSA) is 88.1 Å². The first-order chi connectivity index (χ1) is 11.9. The molecule has 25 heavy (non-hydrogen) atoms. The van der Waals surface area contributed by atoms with Crippen LogP contribution in [0.15, 0.2) is 29.5 Å². The van der Waals surface area contributed by atoms with E-state index in [1.807, 2.05) is 32.9 Å². The summed E-state index contributed by atoms with van der Waals surface area (Å²) < 4.78 is 10.9. The number of carbonyl (C=O) groups excluding carboxylic acids is 1. The van der Waals surface area contributed by atoms with E-state index in [-0.39, 0.29) is 12.1 Å². The molecule has 1 saturated heterocycles. The molecular formula is C17H27N5O3. The third-order valence-electron chi connectivity index (χ3n) is 3.40. The predicted octanol–water partition coefficient (Wildman–Crippen LogP) is 1.24. The number of nitrogens with one attached hydrogen (secondary N) is 2. The van der Waals surface area contributed by atoms with Gasteiger partial charge in [-0.3, -0.25) is 9.98 Å². The van der Waals surface area contributed by atoms with E-state index in [0.717, 1.165) is 5.75 Å². The predicted molar refractivity (Wildman–Crippen MR) is 95.8 cm³/mol. The van der Waals surface area contributed by atoms with Gasteiger partial charge in [0.05, 0.1) is 18.8 Å². The second kappa shape index (κ2) is 8.55. The average molecular weight is 349 g/mol. The van der Waals surface area contributed by atoms with Gasteiger partial charge in [-0.25, -0.2) is 4.79 Å². The zero-order valence-corrected chi connectivity index (χ0v) is 15.3. The summed E-state index contributed by atoms with van der Waals surface area (Å²) in [6, 6.07) is 3.86. The average Bonchev–Trinajstić information content (AvgIpc) is 2.51. The zero-order chi connectivity index (χ0) is 18.3. The summed E-state index contributed by atoms with van der Waals surface area (Å²) in [5, 5.41) is 6.45. The van der Waals surface area contributed by atoms with Crippen LogP contribution >= 0.6 is 0 Å². The largest absolute Gasteiger partial charge is 0.490 e. The highest BCUT2D eigenvalue weighted by Gasteiger charge is 2.34. The normalized spacial score (nSPS) is 15.4. The van der Waals surface area contributed by atoms with Crippen LogP contribution in [0.5, 0.6) is 5.75 Å². The van der Waals surface area contributed by atoms with Crippen molar-refractivity contribution in [3.05, 3.63) is 24.5 Å². The Hall–Kier alpha value is -2.51. The van der Waals surface area contributed by atoms with Gasteiger partial charge in [0.25, 0.3) is 0 Å². The lowest BCUT2D eigenvalue weighted by Gasteiger charge is -2.40. The molecule has 0 aromatic carbocycles. The van der Waals surface area contributed by atoms with Gasteiger partial charge in [-0.2, -0.15) is 0 Å². The standard InChI is InChI=1S/C17H27N5O3/c1-17(2,3)25-16(23)22-11-13(12-22)21-15(18-4)20-8-9-24-14-6-5-7-19-10-14/h5-7,10,13H,8-9,11-12H2,1-4H3,(H2,18,20,21). The van der Waals surface area contributed by atoms with Crippen LogP contribution in [0.25, 0.3) is 0 Å². The van der Waals surface area contributed by atoms with Crippen LogP contribution in [0.3, 0.4) is 0 Å².